The Labute approximate surface area is 131 Å². The summed E-state index contributed by atoms with van der Waals surface area (Å²) >= 11 is 3.42. The Morgan fingerprint density at radius 1 is 1.33 bits per heavy atom. The van der Waals surface area contributed by atoms with Crippen molar-refractivity contribution in [3.8, 4) is 0 Å². The van der Waals surface area contributed by atoms with Crippen molar-refractivity contribution in [1.82, 2.24) is 0 Å². The van der Waals surface area contributed by atoms with Gasteiger partial charge in [0.1, 0.15) is 0 Å². The van der Waals surface area contributed by atoms with E-state index in [9.17, 15) is 4.79 Å². The Morgan fingerprint density at radius 2 is 2.00 bits per heavy atom. The Morgan fingerprint density at radius 3 is 2.67 bits per heavy atom. The molecule has 1 atom stereocenters. The number of anilines is 1. The van der Waals surface area contributed by atoms with Crippen molar-refractivity contribution in [3.63, 3.8) is 0 Å². The van der Waals surface area contributed by atoms with Gasteiger partial charge in [0.25, 0.3) is 0 Å². The molecule has 110 valence electrons. The Balaban J connectivity index is 2.23. The van der Waals surface area contributed by atoms with Crippen LogP contribution in [0.25, 0.3) is 10.8 Å². The van der Waals surface area contributed by atoms with E-state index in [2.05, 4.69) is 26.4 Å². The number of rotatable bonds is 4. The van der Waals surface area contributed by atoms with Gasteiger partial charge >= 0.3 is 0 Å². The molecule has 21 heavy (non-hydrogen) atoms. The summed E-state index contributed by atoms with van der Waals surface area (Å²) in [7, 11) is 0. The zero-order valence-corrected chi connectivity index (χ0v) is 13.1. The van der Waals surface area contributed by atoms with Crippen LogP contribution >= 0.6 is 15.9 Å². The zero-order chi connectivity index (χ0) is 15.4. The smallest absolute Gasteiger partial charge is 0.235 e. The third-order valence-corrected chi connectivity index (χ3v) is 3.76. The van der Waals surface area contributed by atoms with Crippen molar-refractivity contribution in [2.75, 3.05) is 5.32 Å². The van der Waals surface area contributed by atoms with Gasteiger partial charge in [-0.25, -0.2) is 0 Å². The largest absolute Gasteiger partial charge is 0.409 e. The molecule has 0 bridgehead atoms. The van der Waals surface area contributed by atoms with Crippen LogP contribution in [0.1, 0.15) is 13.3 Å². The molecule has 5 nitrogen and oxygen atoms in total. The van der Waals surface area contributed by atoms with Gasteiger partial charge in [0, 0.05) is 10.2 Å². The average molecular weight is 350 g/mol. The number of benzene rings is 2. The molecular formula is C15H16BrN3O2. The number of fused-ring (bicyclic) bond motifs is 1. The van der Waals surface area contributed by atoms with Gasteiger partial charge < -0.3 is 16.3 Å². The van der Waals surface area contributed by atoms with Crippen molar-refractivity contribution < 1.29 is 10.0 Å². The minimum absolute atomic E-state index is 0.0836. The van der Waals surface area contributed by atoms with Crippen LogP contribution in [0, 0.1) is 5.92 Å². The lowest BCUT2D eigenvalue weighted by Crippen LogP contribution is -2.34. The SMILES string of the molecule is CCC(C(=O)Nc1ccc2cc(Br)ccc2c1)/C(N)=N/O. The second-order valence-corrected chi connectivity index (χ2v) is 5.60. The van der Waals surface area contributed by atoms with Crippen LogP contribution in [0.4, 0.5) is 5.69 Å². The summed E-state index contributed by atoms with van der Waals surface area (Å²) in [6, 6.07) is 11.6. The fourth-order valence-corrected chi connectivity index (χ4v) is 2.50. The molecule has 1 unspecified atom stereocenters. The van der Waals surface area contributed by atoms with E-state index in [0.717, 1.165) is 15.2 Å². The number of nitrogens with one attached hydrogen (secondary N) is 1. The molecule has 2 aromatic carbocycles. The van der Waals surface area contributed by atoms with Crippen LogP contribution in [0.5, 0.6) is 0 Å². The second-order valence-electron chi connectivity index (χ2n) is 4.68. The van der Waals surface area contributed by atoms with E-state index in [1.807, 2.05) is 36.4 Å². The first-order valence-corrected chi connectivity index (χ1v) is 7.32. The molecule has 1 amide bonds. The van der Waals surface area contributed by atoms with Crippen molar-refractivity contribution in [1.29, 1.82) is 0 Å². The summed E-state index contributed by atoms with van der Waals surface area (Å²) in [6.45, 7) is 1.81. The van der Waals surface area contributed by atoms with Gasteiger partial charge in [0.05, 0.1) is 5.92 Å². The Kier molecular flexibility index (Phi) is 4.80. The highest BCUT2D eigenvalue weighted by Crippen LogP contribution is 2.23. The molecule has 0 heterocycles. The first kappa shape index (κ1) is 15.3. The van der Waals surface area contributed by atoms with E-state index >= 15 is 0 Å². The maximum atomic E-state index is 12.1. The number of nitrogens with two attached hydrogens (primary N) is 1. The van der Waals surface area contributed by atoms with E-state index in [0.29, 0.717) is 12.1 Å². The first-order chi connectivity index (χ1) is 10.0. The summed E-state index contributed by atoms with van der Waals surface area (Å²) in [5.41, 5.74) is 6.20. The van der Waals surface area contributed by atoms with Crippen LogP contribution in [-0.4, -0.2) is 17.0 Å². The molecule has 6 heteroatoms. The lowest BCUT2D eigenvalue weighted by atomic mass is 10.0. The number of hydrogen-bond acceptors (Lipinski definition) is 3. The lowest BCUT2D eigenvalue weighted by Gasteiger charge is -2.13. The number of carbonyl (C=O) groups excluding carboxylic acids is 1. The highest BCUT2D eigenvalue weighted by Gasteiger charge is 2.21. The molecule has 0 saturated carbocycles. The van der Waals surface area contributed by atoms with Crippen LogP contribution < -0.4 is 11.1 Å². The van der Waals surface area contributed by atoms with Crippen LogP contribution in [0.3, 0.4) is 0 Å². The monoisotopic (exact) mass is 349 g/mol. The third-order valence-electron chi connectivity index (χ3n) is 3.27. The average Bonchev–Trinajstić information content (AvgIpc) is 2.47. The summed E-state index contributed by atoms with van der Waals surface area (Å²) in [5.74, 6) is -1.01. The van der Waals surface area contributed by atoms with Gasteiger partial charge in [-0.2, -0.15) is 0 Å². The van der Waals surface area contributed by atoms with Crippen molar-refractivity contribution in [2.45, 2.75) is 13.3 Å². The van der Waals surface area contributed by atoms with Crippen LogP contribution in [-0.2, 0) is 4.79 Å². The maximum Gasteiger partial charge on any atom is 0.235 e. The fraction of sp³-hybridized carbons (Fsp3) is 0.200. The van der Waals surface area contributed by atoms with Crippen molar-refractivity contribution in [2.24, 2.45) is 16.8 Å². The van der Waals surface area contributed by atoms with Gasteiger partial charge in [-0.05, 0) is 41.5 Å². The van der Waals surface area contributed by atoms with Gasteiger partial charge in [0.2, 0.25) is 5.91 Å². The minimum Gasteiger partial charge on any atom is -0.409 e. The summed E-state index contributed by atoms with van der Waals surface area (Å²) in [5, 5.41) is 16.5. The summed E-state index contributed by atoms with van der Waals surface area (Å²) in [4.78, 5) is 12.1. The molecule has 0 aromatic heterocycles. The minimum atomic E-state index is -0.643. The van der Waals surface area contributed by atoms with E-state index in [-0.39, 0.29) is 11.7 Å². The molecule has 0 aliphatic heterocycles. The molecule has 2 aromatic rings. The van der Waals surface area contributed by atoms with E-state index in [1.165, 1.54) is 0 Å². The van der Waals surface area contributed by atoms with Gasteiger partial charge in [0.15, 0.2) is 5.84 Å². The number of amides is 1. The van der Waals surface area contributed by atoms with Gasteiger partial charge in [-0.3, -0.25) is 4.79 Å². The maximum absolute atomic E-state index is 12.1. The molecule has 0 aliphatic carbocycles. The van der Waals surface area contributed by atoms with Crippen molar-refractivity contribution in [3.05, 3.63) is 40.9 Å². The van der Waals surface area contributed by atoms with Gasteiger partial charge in [-0.1, -0.05) is 40.1 Å². The second kappa shape index (κ2) is 6.58. The van der Waals surface area contributed by atoms with Crippen LogP contribution in [0.15, 0.2) is 46.0 Å². The first-order valence-electron chi connectivity index (χ1n) is 6.52. The quantitative estimate of drug-likeness (QED) is 0.342. The Hall–Kier alpha value is -2.08. The van der Waals surface area contributed by atoms with E-state index in [1.54, 1.807) is 6.92 Å². The number of amidine groups is 1. The number of carbonyl (C=O) groups is 1. The normalized spacial score (nSPS) is 13.1. The van der Waals surface area contributed by atoms with E-state index in [4.69, 9.17) is 10.9 Å². The van der Waals surface area contributed by atoms with E-state index < -0.39 is 5.92 Å². The molecule has 2 rings (SSSR count). The molecule has 0 spiro atoms. The number of halogens is 1. The highest BCUT2D eigenvalue weighted by molar-refractivity contribution is 9.10. The number of oxime groups is 1. The third kappa shape index (κ3) is 3.52. The predicted molar refractivity (Wildman–Crippen MR) is 87.5 cm³/mol. The fourth-order valence-electron chi connectivity index (χ4n) is 2.12. The summed E-state index contributed by atoms with van der Waals surface area (Å²) in [6.07, 6.45) is 0.461. The number of nitrogens with zero attached hydrogens (tertiary/aromatic N) is 1. The van der Waals surface area contributed by atoms with Gasteiger partial charge in [-0.15, -0.1) is 0 Å². The van der Waals surface area contributed by atoms with Crippen LogP contribution in [0.2, 0.25) is 0 Å². The molecule has 0 aliphatic rings. The molecule has 0 radical (unpaired) electrons. The summed E-state index contributed by atoms with van der Waals surface area (Å²) < 4.78 is 1.00. The standard InChI is InChI=1S/C15H16BrN3O2/c1-2-13(14(17)19-21)15(20)18-12-6-4-9-7-11(16)5-3-10(9)8-12/h3-8,13,21H,2H2,1H3,(H2,17,19)(H,18,20). The van der Waals surface area contributed by atoms with Crippen molar-refractivity contribution >= 4 is 44.1 Å². The topological polar surface area (TPSA) is 87.7 Å². The molecular weight excluding hydrogens is 334 g/mol. The molecule has 4 N–H and O–H groups in total. The molecule has 0 fully saturated rings. The predicted octanol–water partition coefficient (Wildman–Crippen LogP) is 3.31. The molecule has 0 saturated heterocycles. The number of hydrogen-bond donors (Lipinski definition) is 3. The Bertz CT molecular complexity index is 700. The highest BCUT2D eigenvalue weighted by atomic mass is 79.9. The zero-order valence-electron chi connectivity index (χ0n) is 11.5. The lowest BCUT2D eigenvalue weighted by molar-refractivity contribution is -0.118.